The van der Waals surface area contributed by atoms with Crippen LogP contribution in [0.25, 0.3) is 0 Å². The van der Waals surface area contributed by atoms with E-state index in [9.17, 15) is 0 Å². The van der Waals surface area contributed by atoms with Gasteiger partial charge in [0, 0.05) is 19.6 Å². The van der Waals surface area contributed by atoms with Gasteiger partial charge in [0.1, 0.15) is 0 Å². The molecule has 0 aromatic heterocycles. The maximum Gasteiger partial charge on any atom is 0.00130 e. The first kappa shape index (κ1) is 8.55. The van der Waals surface area contributed by atoms with Crippen LogP contribution in [0.5, 0.6) is 0 Å². The molecule has 0 spiro atoms. The van der Waals surface area contributed by atoms with Crippen LogP contribution in [0.3, 0.4) is 0 Å². The van der Waals surface area contributed by atoms with Crippen LogP contribution in [-0.2, 0) is 0 Å². The minimum atomic E-state index is 0.851. The van der Waals surface area contributed by atoms with Crippen LogP contribution in [0, 0.1) is 17.8 Å². The Balaban J connectivity index is 1.82. The van der Waals surface area contributed by atoms with Crippen molar-refractivity contribution in [1.29, 1.82) is 0 Å². The van der Waals surface area contributed by atoms with Gasteiger partial charge < -0.3 is 4.90 Å². The molecule has 1 saturated heterocycles. The molecule has 2 atom stereocenters. The zero-order chi connectivity index (χ0) is 8.55. The Morgan fingerprint density at radius 1 is 1.17 bits per heavy atom. The van der Waals surface area contributed by atoms with Crippen molar-refractivity contribution in [3.63, 3.8) is 0 Å². The van der Waals surface area contributed by atoms with Crippen LogP contribution in [0.1, 0.15) is 33.1 Å². The second-order valence-corrected chi connectivity index (χ2v) is 5.06. The van der Waals surface area contributed by atoms with Crippen LogP contribution in [0.15, 0.2) is 0 Å². The highest BCUT2D eigenvalue weighted by Gasteiger charge is 2.35. The molecule has 0 N–H and O–H groups in total. The summed E-state index contributed by atoms with van der Waals surface area (Å²) in [5, 5.41) is 0. The quantitative estimate of drug-likeness (QED) is 0.610. The van der Waals surface area contributed by atoms with Gasteiger partial charge in [0.15, 0.2) is 0 Å². The molecule has 1 heteroatoms. The van der Waals surface area contributed by atoms with E-state index in [1.165, 1.54) is 38.9 Å². The van der Waals surface area contributed by atoms with E-state index in [1.807, 2.05) is 0 Å². The van der Waals surface area contributed by atoms with Gasteiger partial charge in [-0.15, -0.1) is 0 Å². The van der Waals surface area contributed by atoms with Gasteiger partial charge in [-0.3, -0.25) is 0 Å². The molecule has 2 fully saturated rings. The Kier molecular flexibility index (Phi) is 2.40. The number of likely N-dealkylation sites (tertiary alicyclic amines) is 1. The van der Waals surface area contributed by atoms with Gasteiger partial charge in [-0.05, 0) is 30.6 Å². The first-order chi connectivity index (χ1) is 5.75. The fourth-order valence-corrected chi connectivity index (χ4v) is 3.00. The zero-order valence-electron chi connectivity index (χ0n) is 8.42. The molecule has 70 valence electrons. The van der Waals surface area contributed by atoms with E-state index >= 15 is 0 Å². The molecule has 12 heavy (non-hydrogen) atoms. The van der Waals surface area contributed by atoms with E-state index in [0.29, 0.717) is 0 Å². The van der Waals surface area contributed by atoms with Crippen molar-refractivity contribution in [3.8, 4) is 0 Å². The van der Waals surface area contributed by atoms with Gasteiger partial charge in [-0.25, -0.2) is 0 Å². The van der Waals surface area contributed by atoms with Crippen molar-refractivity contribution in [2.24, 2.45) is 17.8 Å². The molecule has 0 aromatic carbocycles. The third kappa shape index (κ3) is 1.66. The molecule has 0 radical (unpaired) electrons. The predicted molar refractivity (Wildman–Crippen MR) is 52.1 cm³/mol. The van der Waals surface area contributed by atoms with Crippen molar-refractivity contribution in [2.45, 2.75) is 33.1 Å². The number of hydrogen-bond donors (Lipinski definition) is 0. The summed E-state index contributed by atoms with van der Waals surface area (Å²) >= 11 is 0. The summed E-state index contributed by atoms with van der Waals surface area (Å²) in [7, 11) is 0. The van der Waals surface area contributed by atoms with Crippen molar-refractivity contribution in [3.05, 3.63) is 0 Å². The summed E-state index contributed by atoms with van der Waals surface area (Å²) in [5.74, 6) is 3.00. The molecule has 2 aliphatic rings. The second-order valence-electron chi connectivity index (χ2n) is 5.06. The first-order valence-corrected chi connectivity index (χ1v) is 5.48. The highest BCUT2D eigenvalue weighted by atomic mass is 15.2. The molecule has 1 aliphatic heterocycles. The van der Waals surface area contributed by atoms with Crippen LogP contribution >= 0.6 is 0 Å². The lowest BCUT2D eigenvalue weighted by atomic mass is 10.0. The lowest BCUT2D eigenvalue weighted by Crippen LogP contribution is -2.26. The zero-order valence-corrected chi connectivity index (χ0v) is 8.42. The Bertz CT molecular complexity index is 141. The van der Waals surface area contributed by atoms with Crippen molar-refractivity contribution >= 4 is 0 Å². The highest BCUT2D eigenvalue weighted by molar-refractivity contribution is 4.88. The van der Waals surface area contributed by atoms with Crippen LogP contribution in [-0.4, -0.2) is 24.5 Å². The Morgan fingerprint density at radius 3 is 2.25 bits per heavy atom. The third-order valence-corrected chi connectivity index (χ3v) is 3.43. The largest absolute Gasteiger partial charge is 0.303 e. The average Bonchev–Trinajstić information content (AvgIpc) is 2.43. The van der Waals surface area contributed by atoms with Crippen molar-refractivity contribution in [1.82, 2.24) is 4.90 Å². The Morgan fingerprint density at radius 2 is 1.75 bits per heavy atom. The topological polar surface area (TPSA) is 3.24 Å². The molecule has 0 aromatic rings. The SMILES string of the molecule is CC(C)CN1CC2CCCC2C1. The summed E-state index contributed by atoms with van der Waals surface area (Å²) in [5.41, 5.74) is 0. The van der Waals surface area contributed by atoms with E-state index in [-0.39, 0.29) is 0 Å². The van der Waals surface area contributed by atoms with Gasteiger partial charge in [0.2, 0.25) is 0 Å². The van der Waals surface area contributed by atoms with E-state index in [4.69, 9.17) is 0 Å². The number of nitrogens with zero attached hydrogens (tertiary/aromatic N) is 1. The van der Waals surface area contributed by atoms with E-state index in [1.54, 1.807) is 0 Å². The standard InChI is InChI=1S/C11H21N/c1-9(2)6-12-7-10-4-3-5-11(10)8-12/h9-11H,3-8H2,1-2H3. The number of fused-ring (bicyclic) bond motifs is 1. The molecule has 1 nitrogen and oxygen atoms in total. The minimum absolute atomic E-state index is 0.851. The third-order valence-electron chi connectivity index (χ3n) is 3.43. The minimum Gasteiger partial charge on any atom is -0.303 e. The maximum atomic E-state index is 2.68. The molecule has 0 bridgehead atoms. The van der Waals surface area contributed by atoms with Crippen LogP contribution < -0.4 is 0 Å². The molecule has 2 unspecified atom stereocenters. The highest BCUT2D eigenvalue weighted by Crippen LogP contribution is 2.37. The average molecular weight is 167 g/mol. The molecular weight excluding hydrogens is 146 g/mol. The smallest absolute Gasteiger partial charge is 0.00130 e. The van der Waals surface area contributed by atoms with Gasteiger partial charge >= 0.3 is 0 Å². The normalized spacial score (nSPS) is 36.2. The maximum absolute atomic E-state index is 2.68. The molecular formula is C11H21N. The summed E-state index contributed by atoms with van der Waals surface area (Å²) in [6.07, 6.45) is 4.53. The van der Waals surface area contributed by atoms with Crippen LogP contribution in [0.4, 0.5) is 0 Å². The van der Waals surface area contributed by atoms with Gasteiger partial charge in [-0.2, -0.15) is 0 Å². The van der Waals surface area contributed by atoms with Crippen molar-refractivity contribution in [2.75, 3.05) is 19.6 Å². The molecule has 0 amide bonds. The summed E-state index contributed by atoms with van der Waals surface area (Å²) in [6.45, 7) is 8.79. The predicted octanol–water partition coefficient (Wildman–Crippen LogP) is 2.37. The number of rotatable bonds is 2. The fraction of sp³-hybridized carbons (Fsp3) is 1.00. The monoisotopic (exact) mass is 167 g/mol. The fourth-order valence-electron chi connectivity index (χ4n) is 3.00. The van der Waals surface area contributed by atoms with Gasteiger partial charge in [0.05, 0.1) is 0 Å². The Hall–Kier alpha value is -0.0400. The Labute approximate surface area is 76.1 Å². The molecule has 1 aliphatic carbocycles. The number of hydrogen-bond acceptors (Lipinski definition) is 1. The molecule has 2 rings (SSSR count). The lowest BCUT2D eigenvalue weighted by Gasteiger charge is -2.18. The second kappa shape index (κ2) is 3.37. The lowest BCUT2D eigenvalue weighted by molar-refractivity contribution is 0.276. The molecule has 1 saturated carbocycles. The first-order valence-electron chi connectivity index (χ1n) is 5.48. The summed E-state index contributed by atoms with van der Waals surface area (Å²) in [6, 6.07) is 0. The van der Waals surface area contributed by atoms with E-state index in [0.717, 1.165) is 17.8 Å². The van der Waals surface area contributed by atoms with E-state index in [2.05, 4.69) is 18.7 Å². The van der Waals surface area contributed by atoms with Gasteiger partial charge in [-0.1, -0.05) is 20.3 Å². The summed E-state index contributed by atoms with van der Waals surface area (Å²) in [4.78, 5) is 2.68. The van der Waals surface area contributed by atoms with Crippen molar-refractivity contribution < 1.29 is 0 Å². The molecule has 1 heterocycles. The van der Waals surface area contributed by atoms with Gasteiger partial charge in [0.25, 0.3) is 0 Å². The van der Waals surface area contributed by atoms with Crippen LogP contribution in [0.2, 0.25) is 0 Å². The summed E-state index contributed by atoms with van der Waals surface area (Å²) < 4.78 is 0. The van der Waals surface area contributed by atoms with E-state index < -0.39 is 0 Å².